The van der Waals surface area contributed by atoms with Gasteiger partial charge in [0.2, 0.25) is 0 Å². The molecule has 3 heterocycles. The van der Waals surface area contributed by atoms with Crippen LogP contribution < -0.4 is 5.73 Å². The SMILES string of the molecule is CC1CCCN(C(N)=NCc2nnc3ccc(C(F)(F)F)cn23)C1.I. The van der Waals surface area contributed by atoms with Crippen molar-refractivity contribution in [3.05, 3.63) is 29.7 Å². The van der Waals surface area contributed by atoms with Crippen molar-refractivity contribution in [2.24, 2.45) is 16.6 Å². The average Bonchev–Trinajstić information content (AvgIpc) is 2.94. The predicted octanol–water partition coefficient (Wildman–Crippen LogP) is 2.91. The first-order valence-electron chi connectivity index (χ1n) is 7.80. The molecule has 0 radical (unpaired) electrons. The number of rotatable bonds is 2. The minimum Gasteiger partial charge on any atom is -0.370 e. The summed E-state index contributed by atoms with van der Waals surface area (Å²) in [6.45, 7) is 3.93. The number of fused-ring (bicyclic) bond motifs is 1. The lowest BCUT2D eigenvalue weighted by atomic mass is 10.0. The fraction of sp³-hybridized carbons (Fsp3) is 0.533. The Morgan fingerprint density at radius 3 is 2.80 bits per heavy atom. The molecule has 0 aliphatic carbocycles. The van der Waals surface area contributed by atoms with Gasteiger partial charge in [0.05, 0.1) is 5.56 Å². The van der Waals surface area contributed by atoms with Crippen molar-refractivity contribution in [2.45, 2.75) is 32.5 Å². The summed E-state index contributed by atoms with van der Waals surface area (Å²) in [5, 5.41) is 7.78. The van der Waals surface area contributed by atoms with Crippen LogP contribution in [0.25, 0.3) is 5.65 Å². The van der Waals surface area contributed by atoms with Gasteiger partial charge in [-0.3, -0.25) is 4.40 Å². The van der Waals surface area contributed by atoms with Crippen LogP contribution in [0.1, 0.15) is 31.2 Å². The molecule has 10 heteroatoms. The number of hydrogen-bond acceptors (Lipinski definition) is 3. The number of guanidine groups is 1. The molecular weight excluding hydrogens is 448 g/mol. The van der Waals surface area contributed by atoms with E-state index in [-0.39, 0.29) is 30.5 Å². The van der Waals surface area contributed by atoms with Crippen LogP contribution in [0.15, 0.2) is 23.3 Å². The highest BCUT2D eigenvalue weighted by atomic mass is 127. The van der Waals surface area contributed by atoms with E-state index < -0.39 is 11.7 Å². The Balaban J connectivity index is 0.00000225. The molecule has 1 fully saturated rings. The Morgan fingerprint density at radius 2 is 2.12 bits per heavy atom. The summed E-state index contributed by atoms with van der Waals surface area (Å²) >= 11 is 0. The van der Waals surface area contributed by atoms with Gasteiger partial charge in [0.25, 0.3) is 0 Å². The molecule has 0 bridgehead atoms. The van der Waals surface area contributed by atoms with Crippen LogP contribution in [0, 0.1) is 5.92 Å². The standard InChI is InChI=1S/C15H19F3N6.HI/c1-10-3-2-6-23(8-10)14(19)20-7-13-22-21-12-5-4-11(9-24(12)13)15(16,17)18;/h4-5,9-10H,2-3,6-8H2,1H3,(H2,19,20);1H. The van der Waals surface area contributed by atoms with Crippen molar-refractivity contribution in [3.63, 3.8) is 0 Å². The van der Waals surface area contributed by atoms with Gasteiger partial charge in [0.15, 0.2) is 17.4 Å². The van der Waals surface area contributed by atoms with E-state index in [1.165, 1.54) is 16.9 Å². The zero-order valence-electron chi connectivity index (χ0n) is 13.7. The highest BCUT2D eigenvalue weighted by Gasteiger charge is 2.31. The Labute approximate surface area is 160 Å². The topological polar surface area (TPSA) is 71.8 Å². The number of aliphatic imine (C=N–C) groups is 1. The first kappa shape index (κ1) is 19.7. The van der Waals surface area contributed by atoms with Crippen molar-refractivity contribution in [1.29, 1.82) is 0 Å². The molecule has 2 aromatic heterocycles. The maximum absolute atomic E-state index is 12.8. The monoisotopic (exact) mass is 468 g/mol. The first-order valence-corrected chi connectivity index (χ1v) is 7.80. The summed E-state index contributed by atoms with van der Waals surface area (Å²) in [5.41, 5.74) is 5.60. The molecule has 1 atom stereocenters. The second-order valence-electron chi connectivity index (χ2n) is 6.13. The first-order chi connectivity index (χ1) is 11.3. The van der Waals surface area contributed by atoms with Crippen LogP contribution >= 0.6 is 24.0 Å². The third kappa shape index (κ3) is 4.53. The van der Waals surface area contributed by atoms with Crippen LogP contribution in [0.4, 0.5) is 13.2 Å². The fourth-order valence-corrected chi connectivity index (χ4v) is 2.86. The molecular formula is C15H20F3IN6. The second-order valence-corrected chi connectivity index (χ2v) is 6.13. The summed E-state index contributed by atoms with van der Waals surface area (Å²) in [6.07, 6.45) is -1.21. The minimum absolute atomic E-state index is 0. The Hall–Kier alpha value is -1.59. The number of likely N-dealkylation sites (tertiary alicyclic amines) is 1. The molecule has 2 aromatic rings. The van der Waals surface area contributed by atoms with E-state index in [4.69, 9.17) is 5.73 Å². The quantitative estimate of drug-likeness (QED) is 0.418. The largest absolute Gasteiger partial charge is 0.417 e. The molecule has 3 rings (SSSR count). The summed E-state index contributed by atoms with van der Waals surface area (Å²) in [6, 6.07) is 2.28. The van der Waals surface area contributed by atoms with Gasteiger partial charge in [-0.2, -0.15) is 13.2 Å². The van der Waals surface area contributed by atoms with Gasteiger partial charge in [-0.15, -0.1) is 34.2 Å². The molecule has 1 saturated heterocycles. The highest BCUT2D eigenvalue weighted by molar-refractivity contribution is 14.0. The Bertz CT molecular complexity index is 757. The van der Waals surface area contributed by atoms with E-state index in [2.05, 4.69) is 22.1 Å². The Kier molecular flexibility index (Phi) is 6.12. The molecule has 138 valence electrons. The number of nitrogens with two attached hydrogens (primary N) is 1. The molecule has 1 aliphatic heterocycles. The summed E-state index contributed by atoms with van der Waals surface area (Å²) in [7, 11) is 0. The van der Waals surface area contributed by atoms with Crippen LogP contribution in [0.2, 0.25) is 0 Å². The van der Waals surface area contributed by atoms with Gasteiger partial charge in [-0.25, -0.2) is 4.99 Å². The van der Waals surface area contributed by atoms with Crippen LogP contribution in [-0.4, -0.2) is 38.5 Å². The van der Waals surface area contributed by atoms with Gasteiger partial charge in [0, 0.05) is 19.3 Å². The Morgan fingerprint density at radius 1 is 1.36 bits per heavy atom. The molecule has 2 N–H and O–H groups in total. The van der Waals surface area contributed by atoms with Gasteiger partial charge >= 0.3 is 6.18 Å². The van der Waals surface area contributed by atoms with E-state index in [1.54, 1.807) is 0 Å². The van der Waals surface area contributed by atoms with E-state index >= 15 is 0 Å². The lowest BCUT2D eigenvalue weighted by molar-refractivity contribution is -0.137. The van der Waals surface area contributed by atoms with Crippen molar-refractivity contribution in [2.75, 3.05) is 13.1 Å². The molecule has 0 amide bonds. The third-order valence-corrected chi connectivity index (χ3v) is 4.16. The molecule has 0 spiro atoms. The van der Waals surface area contributed by atoms with E-state index in [0.717, 1.165) is 31.8 Å². The van der Waals surface area contributed by atoms with Gasteiger partial charge < -0.3 is 10.6 Å². The summed E-state index contributed by atoms with van der Waals surface area (Å²) < 4.78 is 39.8. The molecule has 6 nitrogen and oxygen atoms in total. The van der Waals surface area contributed by atoms with E-state index in [9.17, 15) is 13.2 Å². The second kappa shape index (κ2) is 7.75. The molecule has 1 unspecified atom stereocenters. The van der Waals surface area contributed by atoms with E-state index in [1.807, 2.05) is 4.90 Å². The number of halogens is 4. The van der Waals surface area contributed by atoms with Crippen molar-refractivity contribution in [1.82, 2.24) is 19.5 Å². The number of hydrogen-bond donors (Lipinski definition) is 1. The molecule has 1 aliphatic rings. The molecule has 0 saturated carbocycles. The maximum atomic E-state index is 12.8. The average molecular weight is 468 g/mol. The van der Waals surface area contributed by atoms with Gasteiger partial charge in [0.1, 0.15) is 6.54 Å². The normalized spacial score (nSPS) is 19.1. The highest BCUT2D eigenvalue weighted by Crippen LogP contribution is 2.29. The zero-order valence-corrected chi connectivity index (χ0v) is 16.0. The summed E-state index contributed by atoms with van der Waals surface area (Å²) in [4.78, 5) is 6.28. The summed E-state index contributed by atoms with van der Waals surface area (Å²) in [5.74, 6) is 1.27. The minimum atomic E-state index is -4.41. The lowest BCUT2D eigenvalue weighted by Crippen LogP contribution is -2.43. The number of alkyl halides is 3. The molecule has 0 aromatic carbocycles. The smallest absolute Gasteiger partial charge is 0.370 e. The zero-order chi connectivity index (χ0) is 17.3. The number of piperidine rings is 1. The van der Waals surface area contributed by atoms with Gasteiger partial charge in [-0.05, 0) is 30.9 Å². The van der Waals surface area contributed by atoms with Crippen molar-refractivity contribution in [3.8, 4) is 0 Å². The maximum Gasteiger partial charge on any atom is 0.417 e. The van der Waals surface area contributed by atoms with Gasteiger partial charge in [-0.1, -0.05) is 6.92 Å². The predicted molar refractivity (Wildman–Crippen MR) is 98.7 cm³/mol. The van der Waals surface area contributed by atoms with E-state index in [0.29, 0.717) is 23.3 Å². The van der Waals surface area contributed by atoms with Crippen LogP contribution in [0.5, 0.6) is 0 Å². The third-order valence-electron chi connectivity index (χ3n) is 4.16. The number of nitrogens with zero attached hydrogens (tertiary/aromatic N) is 5. The fourth-order valence-electron chi connectivity index (χ4n) is 2.86. The van der Waals surface area contributed by atoms with Crippen molar-refractivity contribution < 1.29 is 13.2 Å². The number of aromatic nitrogens is 3. The van der Waals surface area contributed by atoms with Crippen LogP contribution in [0.3, 0.4) is 0 Å². The molecule has 25 heavy (non-hydrogen) atoms. The lowest BCUT2D eigenvalue weighted by Gasteiger charge is -2.31. The van der Waals surface area contributed by atoms with Crippen molar-refractivity contribution >= 4 is 35.6 Å². The number of pyridine rings is 1. The van der Waals surface area contributed by atoms with Crippen LogP contribution in [-0.2, 0) is 12.7 Å².